The zero-order valence-corrected chi connectivity index (χ0v) is 16.4. The molecular formula is C17H29N5OS. The van der Waals surface area contributed by atoms with Crippen molar-refractivity contribution < 1.29 is 4.79 Å². The van der Waals surface area contributed by atoms with Crippen LogP contribution in [0.25, 0.3) is 0 Å². The summed E-state index contributed by atoms with van der Waals surface area (Å²) in [6, 6.07) is 0. The fraction of sp³-hybridized carbons (Fsp3) is 0.706. The normalized spacial score (nSPS) is 18.9. The molecule has 0 aromatic carbocycles. The lowest BCUT2D eigenvalue weighted by Crippen LogP contribution is -2.72. The maximum absolute atomic E-state index is 12.1. The molecule has 1 aliphatic heterocycles. The van der Waals surface area contributed by atoms with Crippen molar-refractivity contribution in [3.8, 4) is 0 Å². The van der Waals surface area contributed by atoms with Crippen molar-refractivity contribution in [3.63, 3.8) is 0 Å². The van der Waals surface area contributed by atoms with Gasteiger partial charge in [0.1, 0.15) is 4.88 Å². The zero-order valence-electron chi connectivity index (χ0n) is 15.6. The van der Waals surface area contributed by atoms with Gasteiger partial charge in [-0.05, 0) is 27.7 Å². The highest BCUT2D eigenvalue weighted by atomic mass is 32.1. The van der Waals surface area contributed by atoms with Crippen molar-refractivity contribution in [1.82, 2.24) is 20.5 Å². The summed E-state index contributed by atoms with van der Waals surface area (Å²) < 4.78 is 0. The van der Waals surface area contributed by atoms with Gasteiger partial charge in [-0.2, -0.15) is 0 Å². The molecule has 1 aromatic heterocycles. The number of likely N-dealkylation sites (tertiary alicyclic amines) is 1. The maximum atomic E-state index is 12.1. The van der Waals surface area contributed by atoms with Gasteiger partial charge in [0.05, 0.1) is 17.7 Å². The fourth-order valence-electron chi connectivity index (χ4n) is 2.73. The summed E-state index contributed by atoms with van der Waals surface area (Å²) in [5.74, 6) is 0.852. The minimum atomic E-state index is -0.0689. The number of aromatic nitrogens is 1. The van der Waals surface area contributed by atoms with E-state index in [1.54, 1.807) is 5.51 Å². The number of hydrogen-bond donors (Lipinski definition) is 2. The third-order valence-corrected chi connectivity index (χ3v) is 6.01. The Morgan fingerprint density at radius 2 is 2.08 bits per heavy atom. The SMILES string of the molecule is CCNC(=NCCNC(=O)c1scnc1C)N1CC(C)(C)C1(C)C. The van der Waals surface area contributed by atoms with Gasteiger partial charge in [0, 0.05) is 30.6 Å². The van der Waals surface area contributed by atoms with Crippen molar-refractivity contribution in [2.24, 2.45) is 10.4 Å². The van der Waals surface area contributed by atoms with Crippen LogP contribution in [0.4, 0.5) is 0 Å². The molecular weight excluding hydrogens is 322 g/mol. The molecule has 6 nitrogen and oxygen atoms in total. The van der Waals surface area contributed by atoms with Gasteiger partial charge in [0.2, 0.25) is 0 Å². The molecule has 0 unspecified atom stereocenters. The second-order valence-corrected chi connectivity index (χ2v) is 8.14. The smallest absolute Gasteiger partial charge is 0.263 e. The number of rotatable bonds is 5. The molecule has 2 N–H and O–H groups in total. The first-order valence-corrected chi connectivity index (χ1v) is 9.33. The lowest BCUT2D eigenvalue weighted by atomic mass is 9.65. The van der Waals surface area contributed by atoms with E-state index in [1.165, 1.54) is 11.3 Å². The number of nitrogens with one attached hydrogen (secondary N) is 2. The Morgan fingerprint density at radius 3 is 2.58 bits per heavy atom. The van der Waals surface area contributed by atoms with E-state index in [2.05, 4.69) is 60.1 Å². The van der Waals surface area contributed by atoms with Crippen molar-refractivity contribution in [3.05, 3.63) is 16.1 Å². The first kappa shape index (κ1) is 18.7. The van der Waals surface area contributed by atoms with E-state index in [0.717, 1.165) is 24.7 Å². The molecule has 0 bridgehead atoms. The first-order chi connectivity index (χ1) is 11.2. The van der Waals surface area contributed by atoms with Crippen LogP contribution < -0.4 is 10.6 Å². The van der Waals surface area contributed by atoms with Crippen molar-refractivity contribution in [1.29, 1.82) is 0 Å². The second kappa shape index (κ2) is 7.09. The second-order valence-electron chi connectivity index (χ2n) is 7.29. The predicted molar refractivity (Wildman–Crippen MR) is 99.7 cm³/mol. The van der Waals surface area contributed by atoms with Crippen LogP contribution in [0.3, 0.4) is 0 Å². The van der Waals surface area contributed by atoms with Crippen molar-refractivity contribution >= 4 is 23.2 Å². The topological polar surface area (TPSA) is 69.6 Å². The molecule has 2 heterocycles. The lowest BCUT2D eigenvalue weighted by molar-refractivity contribution is -0.0667. The number of carbonyl (C=O) groups is 1. The Bertz CT molecular complexity index is 620. The van der Waals surface area contributed by atoms with Gasteiger partial charge in [-0.25, -0.2) is 4.98 Å². The van der Waals surface area contributed by atoms with Gasteiger partial charge in [-0.3, -0.25) is 9.79 Å². The summed E-state index contributed by atoms with van der Waals surface area (Å²) in [5, 5.41) is 6.27. The molecule has 0 radical (unpaired) electrons. The van der Waals surface area contributed by atoms with E-state index < -0.39 is 0 Å². The Hall–Kier alpha value is -1.63. The highest BCUT2D eigenvalue weighted by Crippen LogP contribution is 2.46. The fourth-order valence-corrected chi connectivity index (χ4v) is 3.44. The molecule has 1 fully saturated rings. The molecule has 24 heavy (non-hydrogen) atoms. The third kappa shape index (κ3) is 3.55. The summed E-state index contributed by atoms with van der Waals surface area (Å²) >= 11 is 1.37. The van der Waals surface area contributed by atoms with Gasteiger partial charge in [-0.1, -0.05) is 13.8 Å². The Labute approximate surface area is 148 Å². The average molecular weight is 352 g/mol. The minimum Gasteiger partial charge on any atom is -0.356 e. The quantitative estimate of drug-likeness (QED) is 0.485. The number of carbonyl (C=O) groups excluding carboxylic acids is 1. The number of guanidine groups is 1. The van der Waals surface area contributed by atoms with E-state index in [0.29, 0.717) is 18.0 Å². The maximum Gasteiger partial charge on any atom is 0.263 e. The van der Waals surface area contributed by atoms with Gasteiger partial charge in [0.25, 0.3) is 5.91 Å². The van der Waals surface area contributed by atoms with Crippen LogP contribution >= 0.6 is 11.3 Å². The zero-order chi connectivity index (χ0) is 18.0. The number of aliphatic imine (C=N–C) groups is 1. The number of hydrogen-bond acceptors (Lipinski definition) is 4. The summed E-state index contributed by atoms with van der Waals surface area (Å²) in [6.45, 7) is 15.9. The van der Waals surface area contributed by atoms with Crippen LogP contribution in [0, 0.1) is 12.3 Å². The van der Waals surface area contributed by atoms with Crippen molar-refractivity contribution in [2.45, 2.75) is 47.1 Å². The van der Waals surface area contributed by atoms with Crippen LogP contribution in [0.5, 0.6) is 0 Å². The molecule has 2 rings (SSSR count). The van der Waals surface area contributed by atoms with E-state index >= 15 is 0 Å². The largest absolute Gasteiger partial charge is 0.356 e. The molecule has 1 amide bonds. The molecule has 1 aromatic rings. The first-order valence-electron chi connectivity index (χ1n) is 8.45. The predicted octanol–water partition coefficient (Wildman–Crippen LogP) is 2.27. The number of thiazole rings is 1. The highest BCUT2D eigenvalue weighted by molar-refractivity contribution is 7.11. The van der Waals surface area contributed by atoms with Crippen LogP contribution in [-0.4, -0.2) is 53.5 Å². The Morgan fingerprint density at radius 1 is 1.38 bits per heavy atom. The van der Waals surface area contributed by atoms with E-state index in [1.807, 2.05) is 6.92 Å². The van der Waals surface area contributed by atoms with Gasteiger partial charge >= 0.3 is 0 Å². The summed E-state index contributed by atoms with van der Waals surface area (Å²) in [5.41, 5.74) is 2.80. The number of aryl methyl sites for hydroxylation is 1. The van der Waals surface area contributed by atoms with Gasteiger partial charge in [-0.15, -0.1) is 11.3 Å². The number of nitrogens with zero attached hydrogens (tertiary/aromatic N) is 3. The van der Waals surface area contributed by atoms with Crippen LogP contribution in [0.2, 0.25) is 0 Å². The molecule has 0 saturated carbocycles. The minimum absolute atomic E-state index is 0.0665. The van der Waals surface area contributed by atoms with Crippen LogP contribution in [0.1, 0.15) is 50.0 Å². The summed E-state index contributed by atoms with van der Waals surface area (Å²) in [6.07, 6.45) is 0. The molecule has 1 aliphatic rings. The molecule has 134 valence electrons. The summed E-state index contributed by atoms with van der Waals surface area (Å²) in [4.78, 5) is 23.8. The Kier molecular flexibility index (Phi) is 5.52. The van der Waals surface area contributed by atoms with Gasteiger partial charge < -0.3 is 15.5 Å². The third-order valence-electron chi connectivity index (χ3n) is 5.09. The monoisotopic (exact) mass is 351 g/mol. The Balaban J connectivity index is 1.91. The molecule has 0 spiro atoms. The van der Waals surface area contributed by atoms with E-state index in [4.69, 9.17) is 0 Å². The molecule has 0 atom stereocenters. The molecule has 0 aliphatic carbocycles. The van der Waals surface area contributed by atoms with E-state index in [9.17, 15) is 4.79 Å². The molecule has 1 saturated heterocycles. The van der Waals surface area contributed by atoms with E-state index in [-0.39, 0.29) is 16.9 Å². The van der Waals surface area contributed by atoms with Crippen LogP contribution in [0.15, 0.2) is 10.5 Å². The van der Waals surface area contributed by atoms with Gasteiger partial charge in [0.15, 0.2) is 5.96 Å². The molecule has 7 heteroatoms. The standard InChI is InChI=1S/C17H29N5OS/c1-7-18-15(22-10-16(3,4)17(22,5)6)20-9-8-19-14(23)13-12(2)21-11-24-13/h11H,7-10H2,1-6H3,(H,18,20)(H,19,23). The summed E-state index contributed by atoms with van der Waals surface area (Å²) in [7, 11) is 0. The van der Waals surface area contributed by atoms with Crippen molar-refractivity contribution in [2.75, 3.05) is 26.2 Å². The highest BCUT2D eigenvalue weighted by Gasteiger charge is 2.53. The van der Waals surface area contributed by atoms with Crippen LogP contribution in [-0.2, 0) is 0 Å². The lowest BCUT2D eigenvalue weighted by Gasteiger charge is -2.62. The number of amides is 1. The average Bonchev–Trinajstić information content (AvgIpc) is 2.94.